The number of benzene rings is 3. The molecule has 0 atom stereocenters. The van der Waals surface area contributed by atoms with Crippen LogP contribution in [0.4, 0.5) is 27.3 Å². The summed E-state index contributed by atoms with van der Waals surface area (Å²) in [5.74, 6) is -2.03. The van der Waals surface area contributed by atoms with Gasteiger partial charge >= 0.3 is 5.97 Å². The highest BCUT2D eigenvalue weighted by Crippen LogP contribution is 2.34. The molecule has 38 heavy (non-hydrogen) atoms. The van der Waals surface area contributed by atoms with Crippen LogP contribution in [0.25, 0.3) is 10.6 Å². The third-order valence-electron chi connectivity index (χ3n) is 6.31. The number of carboxylic acid groups (broad SMARTS) is 1. The molecule has 1 aliphatic rings. The second-order valence-electron chi connectivity index (χ2n) is 8.98. The van der Waals surface area contributed by atoms with Crippen LogP contribution in [0.5, 0.6) is 0 Å². The number of rotatable bonds is 7. The largest absolute Gasteiger partial charge is 0.477 e. The van der Waals surface area contributed by atoms with E-state index >= 15 is 0 Å². The summed E-state index contributed by atoms with van der Waals surface area (Å²) in [6.07, 6.45) is 0. The van der Waals surface area contributed by atoms with Crippen molar-refractivity contribution in [2.24, 2.45) is 0 Å². The van der Waals surface area contributed by atoms with Crippen LogP contribution in [0.1, 0.15) is 20.0 Å². The van der Waals surface area contributed by atoms with Crippen LogP contribution in [0.15, 0.2) is 72.8 Å². The lowest BCUT2D eigenvalue weighted by atomic mass is 10.1. The number of carbonyl (C=O) groups excluding carboxylic acids is 1. The second kappa shape index (κ2) is 11.0. The van der Waals surface area contributed by atoms with Crippen LogP contribution in [0.2, 0.25) is 0 Å². The van der Waals surface area contributed by atoms with Crippen LogP contribution in [-0.4, -0.2) is 60.1 Å². The van der Waals surface area contributed by atoms with Crippen molar-refractivity contribution < 1.29 is 19.1 Å². The number of likely N-dealkylation sites (N-methyl/N-ethyl adjacent to an activating group) is 1. The van der Waals surface area contributed by atoms with Gasteiger partial charge in [0.05, 0.1) is 5.56 Å². The Morgan fingerprint density at radius 1 is 0.947 bits per heavy atom. The quantitative estimate of drug-likeness (QED) is 0.294. The van der Waals surface area contributed by atoms with Gasteiger partial charge in [0.2, 0.25) is 0 Å². The molecule has 0 unspecified atom stereocenters. The van der Waals surface area contributed by atoms with E-state index in [1.165, 1.54) is 18.2 Å². The van der Waals surface area contributed by atoms with Gasteiger partial charge in [0.1, 0.15) is 10.8 Å². The number of amides is 1. The Bertz CT molecular complexity index is 1470. The summed E-state index contributed by atoms with van der Waals surface area (Å²) >= 11 is 1.03. The number of thiazole rings is 1. The maximum Gasteiger partial charge on any atom is 0.349 e. The van der Waals surface area contributed by atoms with Gasteiger partial charge in [-0.05, 0) is 55.6 Å². The fourth-order valence-corrected chi connectivity index (χ4v) is 5.06. The average molecular weight is 532 g/mol. The Morgan fingerprint density at radius 2 is 1.68 bits per heavy atom. The van der Waals surface area contributed by atoms with Gasteiger partial charge in [0.15, 0.2) is 10.7 Å². The molecule has 0 saturated carbocycles. The first-order chi connectivity index (χ1) is 18.4. The number of piperazine rings is 1. The van der Waals surface area contributed by atoms with Crippen molar-refractivity contribution in [2.75, 3.05) is 48.8 Å². The number of carbonyl (C=O) groups is 2. The molecule has 10 heteroatoms. The number of anilines is 4. The highest BCUT2D eigenvalue weighted by molar-refractivity contribution is 7.17. The molecule has 5 rings (SSSR count). The molecule has 0 radical (unpaired) electrons. The first kappa shape index (κ1) is 25.4. The van der Waals surface area contributed by atoms with Gasteiger partial charge < -0.3 is 25.5 Å². The Kier molecular flexibility index (Phi) is 7.34. The molecule has 1 saturated heterocycles. The monoisotopic (exact) mass is 531 g/mol. The number of hydrogen-bond acceptors (Lipinski definition) is 7. The lowest BCUT2D eigenvalue weighted by molar-refractivity contribution is 0.0702. The second-order valence-corrected chi connectivity index (χ2v) is 9.98. The minimum absolute atomic E-state index is 0.0644. The molecule has 8 nitrogen and oxygen atoms in total. The van der Waals surface area contributed by atoms with Crippen molar-refractivity contribution >= 4 is 46.1 Å². The number of aromatic nitrogens is 1. The van der Waals surface area contributed by atoms with E-state index in [2.05, 4.69) is 32.5 Å². The van der Waals surface area contributed by atoms with Gasteiger partial charge in [-0.3, -0.25) is 4.79 Å². The van der Waals surface area contributed by atoms with Crippen LogP contribution >= 0.6 is 11.3 Å². The topological polar surface area (TPSA) is 97.8 Å². The molecule has 4 aromatic rings. The average Bonchev–Trinajstić information content (AvgIpc) is 3.34. The smallest absolute Gasteiger partial charge is 0.349 e. The van der Waals surface area contributed by atoms with E-state index in [4.69, 9.17) is 0 Å². The first-order valence-electron chi connectivity index (χ1n) is 12.1. The van der Waals surface area contributed by atoms with Crippen LogP contribution < -0.4 is 15.5 Å². The molecule has 2 heterocycles. The summed E-state index contributed by atoms with van der Waals surface area (Å²) in [6.45, 7) is 3.94. The summed E-state index contributed by atoms with van der Waals surface area (Å²) in [5.41, 5.74) is 2.85. The zero-order chi connectivity index (χ0) is 26.6. The molecule has 194 valence electrons. The van der Waals surface area contributed by atoms with Crippen LogP contribution in [0, 0.1) is 5.82 Å². The zero-order valence-electron chi connectivity index (χ0n) is 20.6. The molecule has 3 N–H and O–H groups in total. The van der Waals surface area contributed by atoms with Crippen molar-refractivity contribution in [3.05, 3.63) is 89.1 Å². The Labute approximate surface area is 223 Å². The molecule has 1 aromatic heterocycles. The third kappa shape index (κ3) is 5.66. The molecule has 1 fully saturated rings. The number of nitrogens with zero attached hydrogens (tertiary/aromatic N) is 3. The molecule has 1 amide bonds. The highest BCUT2D eigenvalue weighted by Gasteiger charge is 2.20. The number of hydrogen-bond donors (Lipinski definition) is 3. The van der Waals surface area contributed by atoms with Crippen LogP contribution in [0.3, 0.4) is 0 Å². The highest BCUT2D eigenvalue weighted by atomic mass is 32.1. The molecular weight excluding hydrogens is 505 g/mol. The maximum absolute atomic E-state index is 14.0. The Hall–Kier alpha value is -4.28. The number of halogens is 1. The molecule has 0 bridgehead atoms. The van der Waals surface area contributed by atoms with Crippen molar-refractivity contribution in [3.8, 4) is 10.6 Å². The van der Waals surface area contributed by atoms with E-state index in [9.17, 15) is 19.1 Å². The minimum atomic E-state index is -1.09. The van der Waals surface area contributed by atoms with Gasteiger partial charge in [0.25, 0.3) is 5.91 Å². The van der Waals surface area contributed by atoms with Crippen molar-refractivity contribution in [2.45, 2.75) is 0 Å². The normalized spacial score (nSPS) is 13.8. The molecule has 0 aliphatic carbocycles. The third-order valence-corrected chi connectivity index (χ3v) is 7.40. The lowest BCUT2D eigenvalue weighted by Gasteiger charge is -2.34. The van der Waals surface area contributed by atoms with Gasteiger partial charge in [-0.15, -0.1) is 11.3 Å². The van der Waals surface area contributed by atoms with E-state index in [0.717, 1.165) is 48.9 Å². The minimum Gasteiger partial charge on any atom is -0.477 e. The summed E-state index contributed by atoms with van der Waals surface area (Å²) in [4.78, 5) is 33.7. The van der Waals surface area contributed by atoms with Gasteiger partial charge in [0, 0.05) is 48.8 Å². The molecule has 1 aliphatic heterocycles. The fraction of sp³-hybridized carbons (Fsp3) is 0.179. The SMILES string of the molecule is CN1CCN(c2ccc(Nc3nc(-c4cccc(NC(=O)c5ccccc5F)c4)sc3C(=O)O)cc2)CC1. The van der Waals surface area contributed by atoms with Crippen LogP contribution in [-0.2, 0) is 0 Å². The van der Waals surface area contributed by atoms with Gasteiger partial charge in [-0.2, -0.15) is 0 Å². The summed E-state index contributed by atoms with van der Waals surface area (Å²) in [7, 11) is 2.12. The summed E-state index contributed by atoms with van der Waals surface area (Å²) in [6, 6.07) is 20.4. The Morgan fingerprint density at radius 3 is 2.39 bits per heavy atom. The Balaban J connectivity index is 1.34. The molecule has 0 spiro atoms. The van der Waals surface area contributed by atoms with Crippen molar-refractivity contribution in [1.82, 2.24) is 9.88 Å². The summed E-state index contributed by atoms with van der Waals surface area (Å²) in [5, 5.41) is 16.1. The fourth-order valence-electron chi connectivity index (χ4n) is 4.20. The van der Waals surface area contributed by atoms with Gasteiger partial charge in [-0.1, -0.05) is 24.3 Å². The standard InChI is InChI=1S/C28H26FN5O3S/c1-33-13-15-34(16-14-33)21-11-9-19(10-12-21)30-25-24(28(36)37)38-27(32-25)18-5-4-6-20(17-18)31-26(35)22-7-2-3-8-23(22)29/h2-12,17,30H,13-16H2,1H3,(H,31,35)(H,36,37). The van der Waals surface area contributed by atoms with Crippen molar-refractivity contribution in [1.29, 1.82) is 0 Å². The van der Waals surface area contributed by atoms with E-state index in [-0.39, 0.29) is 16.3 Å². The van der Waals surface area contributed by atoms with E-state index in [1.807, 2.05) is 24.3 Å². The van der Waals surface area contributed by atoms with Crippen molar-refractivity contribution in [3.63, 3.8) is 0 Å². The number of aromatic carboxylic acids is 1. The number of carboxylic acids is 1. The number of nitrogens with one attached hydrogen (secondary N) is 2. The predicted molar refractivity (Wildman–Crippen MR) is 148 cm³/mol. The lowest BCUT2D eigenvalue weighted by Crippen LogP contribution is -2.44. The maximum atomic E-state index is 14.0. The molecule has 3 aromatic carbocycles. The first-order valence-corrected chi connectivity index (χ1v) is 12.9. The van der Waals surface area contributed by atoms with E-state index in [0.29, 0.717) is 16.3 Å². The zero-order valence-corrected chi connectivity index (χ0v) is 21.5. The molecular formula is C28H26FN5O3S. The predicted octanol–water partition coefficient (Wildman–Crippen LogP) is 5.40. The van der Waals surface area contributed by atoms with E-state index < -0.39 is 17.7 Å². The van der Waals surface area contributed by atoms with Gasteiger partial charge in [-0.25, -0.2) is 14.2 Å². The summed E-state index contributed by atoms with van der Waals surface area (Å²) < 4.78 is 14.0. The van der Waals surface area contributed by atoms with E-state index in [1.54, 1.807) is 30.3 Å².